The lowest BCUT2D eigenvalue weighted by Gasteiger charge is -2.20. The van der Waals surface area contributed by atoms with Gasteiger partial charge in [0.05, 0.1) is 18.1 Å². The molecule has 1 atom stereocenters. The highest BCUT2D eigenvalue weighted by Crippen LogP contribution is 2.30. The van der Waals surface area contributed by atoms with Gasteiger partial charge >= 0.3 is 5.69 Å². The van der Waals surface area contributed by atoms with Gasteiger partial charge in [-0.15, -0.1) is 0 Å². The van der Waals surface area contributed by atoms with Gasteiger partial charge in [-0.3, -0.25) is 10.1 Å². The summed E-state index contributed by atoms with van der Waals surface area (Å²) in [5.74, 6) is 0.705. The third kappa shape index (κ3) is 5.59. The minimum atomic E-state index is -0.452. The van der Waals surface area contributed by atoms with Crippen molar-refractivity contribution in [3.8, 4) is 5.75 Å². The summed E-state index contributed by atoms with van der Waals surface area (Å²) in [6.45, 7) is 6.55. The molecule has 0 amide bonds. The summed E-state index contributed by atoms with van der Waals surface area (Å²) in [5.41, 5.74) is 0.671. The number of aliphatic hydroxyl groups is 1. The van der Waals surface area contributed by atoms with E-state index in [9.17, 15) is 15.2 Å². The summed E-state index contributed by atoms with van der Waals surface area (Å²) in [5, 5.41) is 23.6. The molecule has 6 heteroatoms. The number of nitro groups is 1. The van der Waals surface area contributed by atoms with Crippen LogP contribution in [-0.2, 0) is 0 Å². The topological polar surface area (TPSA) is 84.6 Å². The zero-order valence-corrected chi connectivity index (χ0v) is 12.8. The summed E-state index contributed by atoms with van der Waals surface area (Å²) >= 11 is 0. The van der Waals surface area contributed by atoms with Gasteiger partial charge in [-0.1, -0.05) is 20.8 Å². The molecule has 1 rings (SSSR count). The van der Waals surface area contributed by atoms with Gasteiger partial charge in [0.2, 0.25) is 0 Å². The average Bonchev–Trinajstić information content (AvgIpc) is 2.43. The number of nitro benzene ring substituents is 1. The van der Waals surface area contributed by atoms with Crippen LogP contribution >= 0.6 is 0 Å². The van der Waals surface area contributed by atoms with Crippen molar-refractivity contribution in [2.45, 2.75) is 39.7 Å². The minimum absolute atomic E-state index is 0.0142. The van der Waals surface area contributed by atoms with Crippen molar-refractivity contribution >= 4 is 11.4 Å². The number of benzene rings is 1. The molecule has 0 aromatic heterocycles. The largest absolute Gasteiger partial charge is 0.487 e. The third-order valence-corrected chi connectivity index (χ3v) is 2.97. The Morgan fingerprint density at radius 2 is 2.14 bits per heavy atom. The van der Waals surface area contributed by atoms with Crippen LogP contribution in [0.5, 0.6) is 5.75 Å². The standard InChI is InChI=1S/C15H24N2O4/c1-4-7-21-15-9-12(5-6-14(15)17(19)20)16-13(10-18)8-11(2)3/h5-6,9,11,13,16,18H,4,7-8,10H2,1-3H3. The summed E-state index contributed by atoms with van der Waals surface area (Å²) in [6.07, 6.45) is 1.60. The van der Waals surface area contributed by atoms with Crippen LogP contribution in [0.15, 0.2) is 18.2 Å². The smallest absolute Gasteiger partial charge is 0.311 e. The van der Waals surface area contributed by atoms with Crippen molar-refractivity contribution in [2.24, 2.45) is 5.92 Å². The zero-order valence-electron chi connectivity index (χ0n) is 12.8. The fourth-order valence-corrected chi connectivity index (χ4v) is 2.07. The number of hydrogen-bond acceptors (Lipinski definition) is 5. The summed E-state index contributed by atoms with van der Waals surface area (Å²) in [7, 11) is 0. The van der Waals surface area contributed by atoms with E-state index < -0.39 is 4.92 Å². The monoisotopic (exact) mass is 296 g/mol. The quantitative estimate of drug-likeness (QED) is 0.540. The van der Waals surface area contributed by atoms with E-state index in [4.69, 9.17) is 4.74 Å². The Labute approximate surface area is 125 Å². The highest BCUT2D eigenvalue weighted by atomic mass is 16.6. The van der Waals surface area contributed by atoms with Gasteiger partial charge in [0.25, 0.3) is 0 Å². The molecule has 0 bridgehead atoms. The SMILES string of the molecule is CCCOc1cc(NC(CO)CC(C)C)ccc1[N+](=O)[O-]. The van der Waals surface area contributed by atoms with Crippen LogP contribution in [0.3, 0.4) is 0 Å². The maximum absolute atomic E-state index is 11.0. The lowest BCUT2D eigenvalue weighted by atomic mass is 10.0. The van der Waals surface area contributed by atoms with Crippen molar-refractivity contribution in [1.82, 2.24) is 0 Å². The predicted molar refractivity (Wildman–Crippen MR) is 82.8 cm³/mol. The van der Waals surface area contributed by atoms with Crippen LogP contribution in [0.1, 0.15) is 33.6 Å². The number of nitrogens with one attached hydrogen (secondary N) is 1. The molecular formula is C15H24N2O4. The highest BCUT2D eigenvalue weighted by molar-refractivity contribution is 5.58. The normalized spacial score (nSPS) is 12.2. The Hall–Kier alpha value is -1.82. The molecule has 0 aliphatic carbocycles. The van der Waals surface area contributed by atoms with E-state index in [1.165, 1.54) is 6.07 Å². The first-order chi connectivity index (χ1) is 9.97. The van der Waals surface area contributed by atoms with E-state index in [-0.39, 0.29) is 24.1 Å². The van der Waals surface area contributed by atoms with Crippen molar-refractivity contribution < 1.29 is 14.8 Å². The van der Waals surface area contributed by atoms with E-state index >= 15 is 0 Å². The highest BCUT2D eigenvalue weighted by Gasteiger charge is 2.17. The molecule has 0 saturated heterocycles. The molecule has 0 heterocycles. The molecule has 21 heavy (non-hydrogen) atoms. The van der Waals surface area contributed by atoms with E-state index in [0.717, 1.165) is 12.8 Å². The molecule has 0 spiro atoms. The number of anilines is 1. The van der Waals surface area contributed by atoms with E-state index in [1.807, 2.05) is 6.92 Å². The fraction of sp³-hybridized carbons (Fsp3) is 0.600. The first-order valence-corrected chi connectivity index (χ1v) is 7.26. The second-order valence-corrected chi connectivity index (χ2v) is 5.44. The van der Waals surface area contributed by atoms with Crippen LogP contribution in [0.25, 0.3) is 0 Å². The van der Waals surface area contributed by atoms with Gasteiger partial charge in [0.1, 0.15) is 0 Å². The Bertz CT molecular complexity index is 463. The number of aliphatic hydroxyl groups excluding tert-OH is 1. The number of ether oxygens (including phenoxy) is 1. The van der Waals surface area contributed by atoms with Crippen molar-refractivity contribution in [1.29, 1.82) is 0 Å². The first kappa shape index (κ1) is 17.2. The molecule has 0 radical (unpaired) electrons. The maximum Gasteiger partial charge on any atom is 0.311 e. The van der Waals surface area contributed by atoms with Gasteiger partial charge in [-0.25, -0.2) is 0 Å². The number of nitrogens with zero attached hydrogens (tertiary/aromatic N) is 1. The van der Waals surface area contributed by atoms with Gasteiger partial charge in [-0.2, -0.15) is 0 Å². The van der Waals surface area contributed by atoms with Crippen LogP contribution < -0.4 is 10.1 Å². The Morgan fingerprint density at radius 3 is 2.67 bits per heavy atom. The molecule has 1 aromatic carbocycles. The van der Waals surface area contributed by atoms with E-state index in [1.54, 1.807) is 12.1 Å². The second-order valence-electron chi connectivity index (χ2n) is 5.44. The molecule has 118 valence electrons. The number of hydrogen-bond donors (Lipinski definition) is 2. The molecule has 0 aliphatic heterocycles. The minimum Gasteiger partial charge on any atom is -0.487 e. The lowest BCUT2D eigenvalue weighted by molar-refractivity contribution is -0.385. The molecule has 0 fully saturated rings. The molecular weight excluding hydrogens is 272 g/mol. The van der Waals surface area contributed by atoms with E-state index in [0.29, 0.717) is 18.2 Å². The van der Waals surface area contributed by atoms with Crippen LogP contribution in [0.2, 0.25) is 0 Å². The maximum atomic E-state index is 11.0. The van der Waals surface area contributed by atoms with Gasteiger partial charge in [0, 0.05) is 23.9 Å². The number of rotatable bonds is 9. The fourth-order valence-electron chi connectivity index (χ4n) is 2.07. The average molecular weight is 296 g/mol. The predicted octanol–water partition coefficient (Wildman–Crippen LogP) is 3.20. The van der Waals surface area contributed by atoms with E-state index in [2.05, 4.69) is 19.2 Å². The van der Waals surface area contributed by atoms with Crippen LogP contribution in [0, 0.1) is 16.0 Å². The first-order valence-electron chi connectivity index (χ1n) is 7.26. The van der Waals surface area contributed by atoms with Crippen LogP contribution in [-0.4, -0.2) is 29.3 Å². The van der Waals surface area contributed by atoms with Crippen LogP contribution in [0.4, 0.5) is 11.4 Å². The van der Waals surface area contributed by atoms with Gasteiger partial charge in [-0.05, 0) is 24.8 Å². The summed E-state index contributed by atoms with van der Waals surface area (Å²) in [6, 6.07) is 4.61. The van der Waals surface area contributed by atoms with Crippen molar-refractivity contribution in [2.75, 3.05) is 18.5 Å². The second kappa shape index (κ2) is 8.46. The van der Waals surface area contributed by atoms with Crippen molar-refractivity contribution in [3.05, 3.63) is 28.3 Å². The Kier molecular flexibility index (Phi) is 6.94. The third-order valence-electron chi connectivity index (χ3n) is 2.97. The molecule has 0 saturated carbocycles. The summed E-state index contributed by atoms with van der Waals surface area (Å²) in [4.78, 5) is 10.5. The molecule has 0 aliphatic rings. The molecule has 6 nitrogen and oxygen atoms in total. The Balaban J connectivity index is 2.90. The molecule has 1 aromatic rings. The zero-order chi connectivity index (χ0) is 15.8. The van der Waals surface area contributed by atoms with Gasteiger partial charge in [0.15, 0.2) is 5.75 Å². The molecule has 2 N–H and O–H groups in total. The molecule has 1 unspecified atom stereocenters. The summed E-state index contributed by atoms with van der Waals surface area (Å²) < 4.78 is 5.44. The van der Waals surface area contributed by atoms with Gasteiger partial charge < -0.3 is 15.2 Å². The lowest BCUT2D eigenvalue weighted by Crippen LogP contribution is -2.25. The Morgan fingerprint density at radius 1 is 1.43 bits per heavy atom. The van der Waals surface area contributed by atoms with Crippen molar-refractivity contribution in [3.63, 3.8) is 0 Å².